The Bertz CT molecular complexity index is 51.1. The average molecular weight is 86.0 g/mol. The molecular formula is C3H2O3. The summed E-state index contributed by atoms with van der Waals surface area (Å²) in [5.74, 6) is 0. The van der Waals surface area contributed by atoms with Crippen LogP contribution in [-0.4, -0.2) is 23.8 Å². The molecule has 0 aromatic carbocycles. The van der Waals surface area contributed by atoms with Gasteiger partial charge in [-0.25, -0.2) is 0 Å². The van der Waals surface area contributed by atoms with Gasteiger partial charge >= 0.3 is 0 Å². The fraction of sp³-hybridized carbons (Fsp3) is 0.333. The molecule has 6 heavy (non-hydrogen) atoms. The van der Waals surface area contributed by atoms with Crippen LogP contribution < -0.4 is 0 Å². The van der Waals surface area contributed by atoms with Crippen LogP contribution in [0.5, 0.6) is 0 Å². The van der Waals surface area contributed by atoms with Crippen molar-refractivity contribution >= 4 is 12.6 Å². The van der Waals surface area contributed by atoms with E-state index in [4.69, 9.17) is 14.7 Å². The molecule has 0 aromatic heterocycles. The van der Waals surface area contributed by atoms with Gasteiger partial charge in [-0.15, -0.1) is 0 Å². The zero-order valence-corrected chi connectivity index (χ0v) is 2.84. The molecule has 0 rings (SSSR count). The minimum absolute atomic E-state index is 0.997. The van der Waals surface area contributed by atoms with Crippen LogP contribution in [0.2, 0.25) is 0 Å². The highest BCUT2D eigenvalue weighted by molar-refractivity contribution is 5.80. The summed E-state index contributed by atoms with van der Waals surface area (Å²) in [5, 5.41) is 7.82. The van der Waals surface area contributed by atoms with E-state index in [9.17, 15) is 0 Å². The molecule has 0 atom stereocenters. The molecule has 0 fully saturated rings. The highest BCUT2D eigenvalue weighted by atomic mass is 16.3. The molecule has 0 amide bonds. The first-order valence-corrected chi connectivity index (χ1v) is 1.24. The lowest BCUT2D eigenvalue weighted by atomic mass is 10.5. The van der Waals surface area contributed by atoms with Crippen LogP contribution in [0, 0.1) is 0 Å². The maximum atomic E-state index is 9.10. The van der Waals surface area contributed by atoms with E-state index in [-0.39, 0.29) is 0 Å². The summed E-state index contributed by atoms with van der Waals surface area (Å²) in [5.41, 5.74) is 0. The van der Waals surface area contributed by atoms with Gasteiger partial charge in [0.15, 0.2) is 6.10 Å². The first-order valence-electron chi connectivity index (χ1n) is 1.24. The second-order valence-electron chi connectivity index (χ2n) is 0.638. The van der Waals surface area contributed by atoms with Crippen molar-refractivity contribution in [3.05, 3.63) is 0 Å². The fourth-order valence-corrected chi connectivity index (χ4v) is 0.0241. The first-order chi connectivity index (χ1) is 2.81. The summed E-state index contributed by atoms with van der Waals surface area (Å²) < 4.78 is 0. The van der Waals surface area contributed by atoms with Crippen molar-refractivity contribution in [1.29, 1.82) is 0 Å². The molecule has 0 unspecified atom stereocenters. The Morgan fingerprint density at radius 3 is 1.67 bits per heavy atom. The van der Waals surface area contributed by atoms with Gasteiger partial charge in [0.2, 0.25) is 12.6 Å². The quantitative estimate of drug-likeness (QED) is 0.419. The van der Waals surface area contributed by atoms with E-state index in [0.717, 1.165) is 12.6 Å². The molecule has 2 radical (unpaired) electrons. The minimum atomic E-state index is -1.68. The van der Waals surface area contributed by atoms with Gasteiger partial charge in [0, 0.05) is 0 Å². The molecule has 0 saturated heterocycles. The van der Waals surface area contributed by atoms with Crippen molar-refractivity contribution in [1.82, 2.24) is 0 Å². The standard InChI is InChI=1S/C3H2O3/c4-1-3(6)2-5/h3,6H. The Hall–Kier alpha value is -0.700. The summed E-state index contributed by atoms with van der Waals surface area (Å²) >= 11 is 0. The van der Waals surface area contributed by atoms with Crippen LogP contribution in [0.15, 0.2) is 0 Å². The number of hydrogen-bond acceptors (Lipinski definition) is 3. The molecule has 0 heterocycles. The number of aliphatic hydroxyl groups is 1. The van der Waals surface area contributed by atoms with E-state index in [2.05, 4.69) is 0 Å². The maximum Gasteiger partial charge on any atom is 0.238 e. The Labute approximate surface area is 34.6 Å². The molecule has 0 aliphatic rings. The monoisotopic (exact) mass is 86.0 g/mol. The molecule has 3 heteroatoms. The first kappa shape index (κ1) is 5.30. The van der Waals surface area contributed by atoms with E-state index in [1.165, 1.54) is 0 Å². The van der Waals surface area contributed by atoms with E-state index in [1.807, 2.05) is 0 Å². The Morgan fingerprint density at radius 1 is 1.33 bits per heavy atom. The summed E-state index contributed by atoms with van der Waals surface area (Å²) in [6, 6.07) is 0. The molecule has 0 aliphatic heterocycles. The number of carbonyl (C=O) groups excluding carboxylic acids is 2. The van der Waals surface area contributed by atoms with Gasteiger partial charge in [-0.2, -0.15) is 0 Å². The van der Waals surface area contributed by atoms with Gasteiger partial charge in [0.1, 0.15) is 0 Å². The highest BCUT2D eigenvalue weighted by Gasteiger charge is 1.96. The van der Waals surface area contributed by atoms with Crippen LogP contribution in [0.4, 0.5) is 0 Å². The lowest BCUT2D eigenvalue weighted by Crippen LogP contribution is -2.07. The van der Waals surface area contributed by atoms with Crippen molar-refractivity contribution in [2.24, 2.45) is 0 Å². The molecule has 0 aliphatic carbocycles. The summed E-state index contributed by atoms with van der Waals surface area (Å²) in [6.07, 6.45) is 0.317. The van der Waals surface area contributed by atoms with Gasteiger partial charge in [0.05, 0.1) is 0 Å². The lowest BCUT2D eigenvalue weighted by Gasteiger charge is -1.75. The van der Waals surface area contributed by atoms with Crippen LogP contribution in [0.1, 0.15) is 0 Å². The second kappa shape index (κ2) is 2.53. The van der Waals surface area contributed by atoms with Gasteiger partial charge in [-0.05, 0) is 0 Å². The third-order valence-electron chi connectivity index (χ3n) is 0.223. The fourth-order valence-electron chi connectivity index (χ4n) is 0.0241. The van der Waals surface area contributed by atoms with Gasteiger partial charge < -0.3 is 5.11 Å². The van der Waals surface area contributed by atoms with Crippen molar-refractivity contribution in [3.8, 4) is 0 Å². The number of hydrogen-bond donors (Lipinski definition) is 1. The predicted octanol–water partition coefficient (Wildman–Crippen LogP) is -1.43. The van der Waals surface area contributed by atoms with Crippen molar-refractivity contribution < 1.29 is 14.7 Å². The zero-order chi connectivity index (χ0) is 4.99. The number of aliphatic hydroxyl groups excluding tert-OH is 1. The van der Waals surface area contributed by atoms with Crippen molar-refractivity contribution in [2.75, 3.05) is 0 Å². The van der Waals surface area contributed by atoms with E-state index >= 15 is 0 Å². The average Bonchev–Trinajstić information content (AvgIpc) is 1.65. The molecule has 0 spiro atoms. The normalized spacial score (nSPS) is 8.33. The summed E-state index contributed by atoms with van der Waals surface area (Å²) in [6.45, 7) is 0. The molecule has 1 N–H and O–H groups in total. The van der Waals surface area contributed by atoms with Crippen LogP contribution in [-0.2, 0) is 9.59 Å². The maximum absolute atomic E-state index is 9.10. The Balaban J connectivity index is 3.21. The van der Waals surface area contributed by atoms with Crippen molar-refractivity contribution in [3.63, 3.8) is 0 Å². The predicted molar refractivity (Wildman–Crippen MR) is 17.4 cm³/mol. The van der Waals surface area contributed by atoms with Gasteiger partial charge in [0.25, 0.3) is 0 Å². The summed E-state index contributed by atoms with van der Waals surface area (Å²) in [4.78, 5) is 18.2. The van der Waals surface area contributed by atoms with Crippen LogP contribution >= 0.6 is 0 Å². The molecule has 3 nitrogen and oxygen atoms in total. The smallest absolute Gasteiger partial charge is 0.238 e. The molecule has 32 valence electrons. The summed E-state index contributed by atoms with van der Waals surface area (Å²) in [7, 11) is 0. The Kier molecular flexibility index (Phi) is 2.24. The third kappa shape index (κ3) is 1.60. The van der Waals surface area contributed by atoms with E-state index in [0.29, 0.717) is 0 Å². The van der Waals surface area contributed by atoms with Crippen LogP contribution in [0.3, 0.4) is 0 Å². The van der Waals surface area contributed by atoms with Crippen molar-refractivity contribution in [2.45, 2.75) is 6.10 Å². The third-order valence-corrected chi connectivity index (χ3v) is 0.223. The largest absolute Gasteiger partial charge is 0.377 e. The minimum Gasteiger partial charge on any atom is -0.377 e. The lowest BCUT2D eigenvalue weighted by molar-refractivity contribution is 0.288. The highest BCUT2D eigenvalue weighted by Crippen LogP contribution is 1.59. The number of rotatable bonds is 2. The van der Waals surface area contributed by atoms with Gasteiger partial charge in [-0.1, -0.05) is 0 Å². The second-order valence-corrected chi connectivity index (χ2v) is 0.638. The zero-order valence-electron chi connectivity index (χ0n) is 2.84. The van der Waals surface area contributed by atoms with E-state index in [1.54, 1.807) is 0 Å². The molecular weight excluding hydrogens is 84.0 g/mol. The molecule has 0 saturated carbocycles. The molecule has 0 bridgehead atoms. The Morgan fingerprint density at radius 2 is 1.67 bits per heavy atom. The van der Waals surface area contributed by atoms with Crippen LogP contribution in [0.25, 0.3) is 0 Å². The van der Waals surface area contributed by atoms with Gasteiger partial charge in [-0.3, -0.25) is 9.59 Å². The molecule has 0 aromatic rings. The van der Waals surface area contributed by atoms with E-state index < -0.39 is 6.10 Å². The topological polar surface area (TPSA) is 54.4 Å². The SMILES string of the molecule is O=[C]C(O)[C]=O.